The molecule has 0 bridgehead atoms. The Labute approximate surface area is 119 Å². The predicted molar refractivity (Wildman–Crippen MR) is 79.8 cm³/mol. The highest BCUT2D eigenvalue weighted by Crippen LogP contribution is 2.35. The zero-order valence-electron chi connectivity index (χ0n) is 11.8. The van der Waals surface area contributed by atoms with Crippen LogP contribution < -0.4 is 20.7 Å². The van der Waals surface area contributed by atoms with Crippen molar-refractivity contribution in [3.63, 3.8) is 0 Å². The zero-order valence-corrected chi connectivity index (χ0v) is 11.8. The van der Waals surface area contributed by atoms with Crippen molar-refractivity contribution in [3.8, 4) is 11.5 Å². The zero-order chi connectivity index (χ0) is 14.4. The highest BCUT2D eigenvalue weighted by molar-refractivity contribution is 5.47. The van der Waals surface area contributed by atoms with Gasteiger partial charge in [0.15, 0.2) is 0 Å². The average molecular weight is 272 g/mol. The van der Waals surface area contributed by atoms with Gasteiger partial charge in [0.2, 0.25) is 0 Å². The molecule has 0 aromatic heterocycles. The molecular formula is C16H20N2O2. The molecule has 2 aromatic rings. The molecule has 1 unspecified atom stereocenters. The van der Waals surface area contributed by atoms with Crippen LogP contribution in [0, 0.1) is 0 Å². The molecule has 0 amide bonds. The van der Waals surface area contributed by atoms with Crippen molar-refractivity contribution >= 4 is 0 Å². The van der Waals surface area contributed by atoms with Crippen LogP contribution in [0.1, 0.15) is 17.2 Å². The number of hydrogen-bond donors (Lipinski definition) is 2. The average Bonchev–Trinajstić information content (AvgIpc) is 2.52. The standard InChI is InChI=1S/C16H20N2O2/c1-19-14-9-6-10-15(20-2)16(14)13(18-17)11-12-7-4-3-5-8-12/h3-10,13,18H,11,17H2,1-2H3. The van der Waals surface area contributed by atoms with Crippen LogP contribution in [0.25, 0.3) is 0 Å². The van der Waals surface area contributed by atoms with Crippen LogP contribution in [0.3, 0.4) is 0 Å². The van der Waals surface area contributed by atoms with Gasteiger partial charge in [0.05, 0.1) is 25.8 Å². The van der Waals surface area contributed by atoms with Gasteiger partial charge in [0.1, 0.15) is 11.5 Å². The normalized spacial score (nSPS) is 11.9. The number of nitrogens with one attached hydrogen (secondary N) is 1. The summed E-state index contributed by atoms with van der Waals surface area (Å²) in [5.74, 6) is 7.27. The first kappa shape index (κ1) is 14.4. The lowest BCUT2D eigenvalue weighted by atomic mass is 9.97. The molecule has 0 saturated heterocycles. The second kappa shape index (κ2) is 6.93. The van der Waals surface area contributed by atoms with Crippen LogP contribution in [0.5, 0.6) is 11.5 Å². The summed E-state index contributed by atoms with van der Waals surface area (Å²) in [7, 11) is 3.29. The molecule has 4 heteroatoms. The molecule has 0 aliphatic heterocycles. The number of rotatable bonds is 6. The van der Waals surface area contributed by atoms with E-state index in [4.69, 9.17) is 15.3 Å². The van der Waals surface area contributed by atoms with Crippen molar-refractivity contribution in [1.82, 2.24) is 5.43 Å². The van der Waals surface area contributed by atoms with Gasteiger partial charge in [-0.3, -0.25) is 11.3 Å². The maximum Gasteiger partial charge on any atom is 0.127 e. The van der Waals surface area contributed by atoms with E-state index in [1.54, 1.807) is 14.2 Å². The lowest BCUT2D eigenvalue weighted by molar-refractivity contribution is 0.370. The van der Waals surface area contributed by atoms with E-state index in [9.17, 15) is 0 Å². The molecule has 0 fully saturated rings. The third kappa shape index (κ3) is 3.10. The van der Waals surface area contributed by atoms with E-state index < -0.39 is 0 Å². The van der Waals surface area contributed by atoms with Crippen molar-refractivity contribution in [2.24, 2.45) is 5.84 Å². The molecule has 0 aliphatic rings. The van der Waals surface area contributed by atoms with Gasteiger partial charge in [-0.05, 0) is 24.1 Å². The lowest BCUT2D eigenvalue weighted by Gasteiger charge is -2.21. The highest BCUT2D eigenvalue weighted by atomic mass is 16.5. The maximum atomic E-state index is 5.74. The molecule has 106 valence electrons. The van der Waals surface area contributed by atoms with Crippen LogP contribution in [0.2, 0.25) is 0 Å². The number of ether oxygens (including phenoxy) is 2. The smallest absolute Gasteiger partial charge is 0.127 e. The molecule has 2 rings (SSSR count). The van der Waals surface area contributed by atoms with E-state index in [1.807, 2.05) is 36.4 Å². The molecule has 20 heavy (non-hydrogen) atoms. The first-order chi connectivity index (χ1) is 9.80. The predicted octanol–water partition coefficient (Wildman–Crippen LogP) is 2.45. The van der Waals surface area contributed by atoms with E-state index in [1.165, 1.54) is 5.56 Å². The van der Waals surface area contributed by atoms with Gasteiger partial charge >= 0.3 is 0 Å². The summed E-state index contributed by atoms with van der Waals surface area (Å²) in [6, 6.07) is 15.8. The topological polar surface area (TPSA) is 56.5 Å². The Morgan fingerprint density at radius 1 is 0.950 bits per heavy atom. The fourth-order valence-electron chi connectivity index (χ4n) is 2.32. The van der Waals surface area contributed by atoms with E-state index in [0.717, 1.165) is 23.5 Å². The van der Waals surface area contributed by atoms with E-state index in [-0.39, 0.29) is 6.04 Å². The fraction of sp³-hybridized carbons (Fsp3) is 0.250. The highest BCUT2D eigenvalue weighted by Gasteiger charge is 2.20. The Morgan fingerprint density at radius 3 is 2.05 bits per heavy atom. The monoisotopic (exact) mass is 272 g/mol. The van der Waals surface area contributed by atoms with Crippen LogP contribution in [0.15, 0.2) is 48.5 Å². The number of hydrogen-bond acceptors (Lipinski definition) is 4. The number of benzene rings is 2. The summed E-state index contributed by atoms with van der Waals surface area (Å²) in [4.78, 5) is 0. The van der Waals surface area contributed by atoms with Crippen molar-refractivity contribution in [1.29, 1.82) is 0 Å². The molecule has 1 atom stereocenters. The molecule has 3 N–H and O–H groups in total. The van der Waals surface area contributed by atoms with E-state index in [0.29, 0.717) is 0 Å². The minimum Gasteiger partial charge on any atom is -0.496 e. The second-order valence-corrected chi connectivity index (χ2v) is 4.49. The Hall–Kier alpha value is -2.04. The van der Waals surface area contributed by atoms with Crippen molar-refractivity contribution in [2.75, 3.05) is 14.2 Å². The number of nitrogens with two attached hydrogens (primary N) is 1. The molecule has 0 heterocycles. The Morgan fingerprint density at radius 2 is 1.55 bits per heavy atom. The van der Waals surface area contributed by atoms with Gasteiger partial charge in [-0.15, -0.1) is 0 Å². The van der Waals surface area contributed by atoms with Gasteiger partial charge in [0.25, 0.3) is 0 Å². The van der Waals surface area contributed by atoms with Gasteiger partial charge < -0.3 is 9.47 Å². The van der Waals surface area contributed by atoms with Crippen molar-refractivity contribution < 1.29 is 9.47 Å². The summed E-state index contributed by atoms with van der Waals surface area (Å²) < 4.78 is 10.9. The van der Waals surface area contributed by atoms with Gasteiger partial charge in [-0.25, -0.2) is 0 Å². The Balaban J connectivity index is 2.36. The lowest BCUT2D eigenvalue weighted by Crippen LogP contribution is -2.30. The van der Waals surface area contributed by atoms with Crippen LogP contribution >= 0.6 is 0 Å². The van der Waals surface area contributed by atoms with Crippen molar-refractivity contribution in [2.45, 2.75) is 12.5 Å². The van der Waals surface area contributed by atoms with Crippen LogP contribution in [-0.2, 0) is 6.42 Å². The fourth-order valence-corrected chi connectivity index (χ4v) is 2.32. The number of hydrazine groups is 1. The first-order valence-electron chi connectivity index (χ1n) is 6.51. The molecule has 0 radical (unpaired) electrons. The largest absolute Gasteiger partial charge is 0.496 e. The third-order valence-corrected chi connectivity index (χ3v) is 3.30. The second-order valence-electron chi connectivity index (χ2n) is 4.49. The third-order valence-electron chi connectivity index (χ3n) is 3.30. The van der Waals surface area contributed by atoms with Gasteiger partial charge in [0, 0.05) is 0 Å². The van der Waals surface area contributed by atoms with E-state index in [2.05, 4.69) is 17.6 Å². The van der Waals surface area contributed by atoms with Crippen LogP contribution in [0.4, 0.5) is 0 Å². The Bertz CT molecular complexity index is 521. The quantitative estimate of drug-likeness (QED) is 0.626. The first-order valence-corrected chi connectivity index (χ1v) is 6.51. The minimum atomic E-state index is -0.0801. The van der Waals surface area contributed by atoms with Gasteiger partial charge in [-0.1, -0.05) is 36.4 Å². The summed E-state index contributed by atoms with van der Waals surface area (Å²) in [6.45, 7) is 0. The maximum absolute atomic E-state index is 5.74. The van der Waals surface area contributed by atoms with Gasteiger partial charge in [-0.2, -0.15) is 0 Å². The van der Waals surface area contributed by atoms with Crippen molar-refractivity contribution in [3.05, 3.63) is 59.7 Å². The van der Waals surface area contributed by atoms with E-state index >= 15 is 0 Å². The Kier molecular flexibility index (Phi) is 4.98. The SMILES string of the molecule is COc1cccc(OC)c1C(Cc1ccccc1)NN. The molecule has 4 nitrogen and oxygen atoms in total. The molecule has 0 spiro atoms. The number of methoxy groups -OCH3 is 2. The summed E-state index contributed by atoms with van der Waals surface area (Å²) >= 11 is 0. The molecule has 0 aliphatic carbocycles. The molecule has 0 saturated carbocycles. The molecule has 2 aromatic carbocycles. The van der Waals surface area contributed by atoms with Crippen LogP contribution in [-0.4, -0.2) is 14.2 Å². The molecular weight excluding hydrogens is 252 g/mol. The summed E-state index contributed by atoms with van der Waals surface area (Å²) in [5.41, 5.74) is 4.99. The summed E-state index contributed by atoms with van der Waals surface area (Å²) in [6.07, 6.45) is 0.758. The minimum absolute atomic E-state index is 0.0801. The summed E-state index contributed by atoms with van der Waals surface area (Å²) in [5, 5.41) is 0.